The van der Waals surface area contributed by atoms with Crippen molar-refractivity contribution in [2.24, 2.45) is 40.2 Å². The maximum absolute atomic E-state index is 11.8. The summed E-state index contributed by atoms with van der Waals surface area (Å²) in [5.74, 6) is 1.36. The molecule has 8 atom stereocenters. The number of nitrogens with two attached hydrogens (primary N) is 1. The highest BCUT2D eigenvalue weighted by Crippen LogP contribution is 2.67. The van der Waals surface area contributed by atoms with Crippen LogP contribution < -0.4 is 5.73 Å². The van der Waals surface area contributed by atoms with E-state index in [0.717, 1.165) is 43.4 Å². The summed E-state index contributed by atoms with van der Waals surface area (Å²) in [5.41, 5.74) is 5.53. The zero-order chi connectivity index (χ0) is 20.2. The standard InChI is InChI=1S/C23H37NO3S/c1-21(8-5-16(26)12-15(21)14-25)18-6-9-22(2)19(17(18)13-24)7-10-23(22,27)20-4-3-11-28-20/h3-4,11,15-19,25-27H,5-10,12-14,24H2,1-2H3/t15-,16+,17-,18+,19+,21-,22+,23-/m1/s1. The van der Waals surface area contributed by atoms with Gasteiger partial charge in [0, 0.05) is 16.9 Å². The monoisotopic (exact) mass is 407 g/mol. The van der Waals surface area contributed by atoms with Crippen molar-refractivity contribution in [3.63, 3.8) is 0 Å². The molecule has 0 aliphatic heterocycles. The average Bonchev–Trinajstić information content (AvgIpc) is 3.31. The van der Waals surface area contributed by atoms with Gasteiger partial charge in [-0.05, 0) is 92.0 Å². The summed E-state index contributed by atoms with van der Waals surface area (Å²) in [6, 6.07) is 4.13. The second kappa shape index (κ2) is 7.35. The maximum atomic E-state index is 11.8. The molecule has 5 heteroatoms. The van der Waals surface area contributed by atoms with Crippen molar-refractivity contribution in [1.82, 2.24) is 0 Å². The SMILES string of the molecule is C[C@@]1([C@H]2CC[C@@]3(C)[C@@H](CC[C@@]3(O)c3cccs3)[C@@H]2CN)CC[C@H](O)C[C@@H]1CO. The summed E-state index contributed by atoms with van der Waals surface area (Å²) in [4.78, 5) is 1.10. The Bertz CT molecular complexity index is 681. The van der Waals surface area contributed by atoms with Crippen LogP contribution in [0.3, 0.4) is 0 Å². The molecule has 1 aromatic rings. The van der Waals surface area contributed by atoms with Crippen LogP contribution in [0.15, 0.2) is 17.5 Å². The van der Waals surface area contributed by atoms with E-state index in [4.69, 9.17) is 5.73 Å². The van der Waals surface area contributed by atoms with E-state index in [2.05, 4.69) is 25.3 Å². The Morgan fingerprint density at radius 1 is 1.14 bits per heavy atom. The first-order valence-electron chi connectivity index (χ1n) is 11.1. The fourth-order valence-corrected chi connectivity index (χ4v) is 8.53. The van der Waals surface area contributed by atoms with Crippen LogP contribution in [0.25, 0.3) is 0 Å². The number of rotatable bonds is 4. The molecule has 3 aliphatic carbocycles. The lowest BCUT2D eigenvalue weighted by Crippen LogP contribution is -2.55. The Kier molecular flexibility index (Phi) is 5.46. The number of aliphatic hydroxyl groups is 3. The van der Waals surface area contributed by atoms with E-state index >= 15 is 0 Å². The molecule has 158 valence electrons. The summed E-state index contributed by atoms with van der Waals surface area (Å²) < 4.78 is 0. The van der Waals surface area contributed by atoms with Crippen molar-refractivity contribution in [1.29, 1.82) is 0 Å². The van der Waals surface area contributed by atoms with Crippen molar-refractivity contribution >= 4 is 11.3 Å². The Morgan fingerprint density at radius 2 is 1.89 bits per heavy atom. The minimum absolute atomic E-state index is 0.0168. The van der Waals surface area contributed by atoms with Crippen LogP contribution in [0.5, 0.6) is 0 Å². The van der Waals surface area contributed by atoms with Gasteiger partial charge in [-0.1, -0.05) is 19.9 Å². The number of aliphatic hydroxyl groups excluding tert-OH is 2. The summed E-state index contributed by atoms with van der Waals surface area (Å²) in [6.45, 7) is 5.40. The topological polar surface area (TPSA) is 86.7 Å². The summed E-state index contributed by atoms with van der Waals surface area (Å²) >= 11 is 1.67. The normalized spacial score (nSPS) is 49.1. The third kappa shape index (κ3) is 2.84. The van der Waals surface area contributed by atoms with Gasteiger partial charge in [-0.2, -0.15) is 0 Å². The molecule has 3 aliphatic rings. The van der Waals surface area contributed by atoms with Crippen LogP contribution in [0.1, 0.15) is 63.7 Å². The number of hydrogen-bond donors (Lipinski definition) is 4. The van der Waals surface area contributed by atoms with Gasteiger partial charge in [0.1, 0.15) is 5.60 Å². The molecule has 5 N–H and O–H groups in total. The highest BCUT2D eigenvalue weighted by Gasteiger charge is 2.64. The summed E-state index contributed by atoms with van der Waals surface area (Å²) in [6.07, 6.45) is 6.08. The predicted octanol–water partition coefficient (Wildman–Crippen LogP) is 3.50. The van der Waals surface area contributed by atoms with Gasteiger partial charge in [0.25, 0.3) is 0 Å². The first kappa shape index (κ1) is 20.8. The summed E-state index contributed by atoms with van der Waals surface area (Å²) in [7, 11) is 0. The molecule has 0 spiro atoms. The molecule has 0 saturated heterocycles. The minimum Gasteiger partial charge on any atom is -0.396 e. The molecule has 0 aromatic carbocycles. The van der Waals surface area contributed by atoms with E-state index in [1.807, 2.05) is 6.07 Å². The molecular weight excluding hydrogens is 370 g/mol. The van der Waals surface area contributed by atoms with E-state index in [1.54, 1.807) is 11.3 Å². The lowest BCUT2D eigenvalue weighted by Gasteiger charge is -2.58. The van der Waals surface area contributed by atoms with Crippen LogP contribution in [0.2, 0.25) is 0 Å². The quantitative estimate of drug-likeness (QED) is 0.615. The van der Waals surface area contributed by atoms with Gasteiger partial charge in [-0.15, -0.1) is 11.3 Å². The zero-order valence-electron chi connectivity index (χ0n) is 17.3. The molecule has 1 aromatic heterocycles. The second-order valence-electron chi connectivity index (χ2n) is 10.3. The third-order valence-electron chi connectivity index (χ3n) is 9.36. The van der Waals surface area contributed by atoms with Crippen LogP contribution in [0.4, 0.5) is 0 Å². The lowest BCUT2D eigenvalue weighted by atomic mass is 9.48. The van der Waals surface area contributed by atoms with Crippen LogP contribution in [-0.2, 0) is 5.60 Å². The van der Waals surface area contributed by atoms with Crippen molar-refractivity contribution in [2.75, 3.05) is 13.2 Å². The van der Waals surface area contributed by atoms with Gasteiger partial charge in [-0.3, -0.25) is 0 Å². The largest absolute Gasteiger partial charge is 0.396 e. The van der Waals surface area contributed by atoms with Crippen molar-refractivity contribution in [3.8, 4) is 0 Å². The smallest absolute Gasteiger partial charge is 0.104 e. The first-order valence-corrected chi connectivity index (χ1v) is 11.9. The molecule has 0 amide bonds. The molecule has 0 unspecified atom stereocenters. The summed E-state index contributed by atoms with van der Waals surface area (Å²) in [5, 5.41) is 34.1. The van der Waals surface area contributed by atoms with E-state index in [9.17, 15) is 15.3 Å². The molecule has 3 fully saturated rings. The van der Waals surface area contributed by atoms with Gasteiger partial charge in [0.2, 0.25) is 0 Å². The minimum atomic E-state index is -0.746. The Labute approximate surface area is 173 Å². The van der Waals surface area contributed by atoms with Gasteiger partial charge in [0.05, 0.1) is 6.10 Å². The van der Waals surface area contributed by atoms with Crippen LogP contribution in [0, 0.1) is 34.5 Å². The van der Waals surface area contributed by atoms with Gasteiger partial charge >= 0.3 is 0 Å². The Hall–Kier alpha value is -0.460. The Balaban J connectivity index is 1.66. The second-order valence-corrected chi connectivity index (χ2v) is 11.2. The van der Waals surface area contributed by atoms with Crippen LogP contribution in [-0.4, -0.2) is 34.6 Å². The highest BCUT2D eigenvalue weighted by molar-refractivity contribution is 7.10. The third-order valence-corrected chi connectivity index (χ3v) is 10.4. The Morgan fingerprint density at radius 3 is 2.54 bits per heavy atom. The van der Waals surface area contributed by atoms with Crippen molar-refractivity contribution < 1.29 is 15.3 Å². The first-order chi connectivity index (χ1) is 13.3. The molecule has 4 nitrogen and oxygen atoms in total. The van der Waals surface area contributed by atoms with Crippen molar-refractivity contribution in [2.45, 2.75) is 70.5 Å². The highest BCUT2D eigenvalue weighted by atomic mass is 32.1. The maximum Gasteiger partial charge on any atom is 0.104 e. The fourth-order valence-electron chi connectivity index (χ4n) is 7.54. The number of thiophene rings is 1. The predicted molar refractivity (Wildman–Crippen MR) is 113 cm³/mol. The van der Waals surface area contributed by atoms with E-state index in [-0.39, 0.29) is 29.5 Å². The molecule has 1 heterocycles. The van der Waals surface area contributed by atoms with E-state index < -0.39 is 5.60 Å². The molecule has 3 saturated carbocycles. The number of hydrogen-bond acceptors (Lipinski definition) is 5. The van der Waals surface area contributed by atoms with Gasteiger partial charge < -0.3 is 21.1 Å². The fraction of sp³-hybridized carbons (Fsp3) is 0.826. The molecule has 4 rings (SSSR count). The molecule has 0 bridgehead atoms. The van der Waals surface area contributed by atoms with Gasteiger partial charge in [0.15, 0.2) is 0 Å². The lowest BCUT2D eigenvalue weighted by molar-refractivity contribution is -0.143. The average molecular weight is 408 g/mol. The van der Waals surface area contributed by atoms with Crippen molar-refractivity contribution in [3.05, 3.63) is 22.4 Å². The van der Waals surface area contributed by atoms with Gasteiger partial charge in [-0.25, -0.2) is 0 Å². The van der Waals surface area contributed by atoms with Crippen LogP contribution >= 0.6 is 11.3 Å². The van der Waals surface area contributed by atoms with E-state index in [0.29, 0.717) is 30.7 Å². The molecule has 0 radical (unpaired) electrons. The van der Waals surface area contributed by atoms with E-state index in [1.165, 1.54) is 0 Å². The number of fused-ring (bicyclic) bond motifs is 1. The molecular formula is C23H37NO3S. The zero-order valence-corrected chi connectivity index (χ0v) is 18.1. The molecule has 28 heavy (non-hydrogen) atoms.